The van der Waals surface area contributed by atoms with Crippen molar-refractivity contribution in [2.45, 2.75) is 64.5 Å². The molecule has 0 radical (unpaired) electrons. The van der Waals surface area contributed by atoms with E-state index in [4.69, 9.17) is 21.3 Å². The predicted octanol–water partition coefficient (Wildman–Crippen LogP) is 6.49. The molecule has 4 heterocycles. The lowest BCUT2D eigenvalue weighted by molar-refractivity contribution is -0.274. The largest absolute Gasteiger partial charge is 0.573 e. The first-order valence-corrected chi connectivity index (χ1v) is 19.0. The maximum Gasteiger partial charge on any atom is 0.573 e. The molecule has 0 aliphatic carbocycles. The standard InChI is InChI=1S/C38H48ClF3N8O5/c1-22(2)33(47-37(53)54-4)35(51)50-21-23(3)17-31(50)34-44-20-30(45-34)25-7-5-24(6-8-25)27-18-28(39)29(19-32(27)55-38(40,41)42)46-36(52)49-15-13-48(14-16-49)26-9-11-43-12-10-26/h5-8,18-20,22-23,26,31,33,43H,9-17,21H2,1-4H3,(H,44,45)(H,46,52)(H,47,53)/t23-,31-,33-/m0/s1. The number of piperazine rings is 1. The molecule has 3 aliphatic heterocycles. The zero-order valence-electron chi connectivity index (χ0n) is 31.3. The molecule has 2 aromatic carbocycles. The lowest BCUT2D eigenvalue weighted by atomic mass is 10.0. The minimum Gasteiger partial charge on any atom is -0.453 e. The Morgan fingerprint density at radius 1 is 1.02 bits per heavy atom. The average Bonchev–Trinajstić information content (AvgIpc) is 3.81. The van der Waals surface area contributed by atoms with Crippen molar-refractivity contribution in [3.05, 3.63) is 53.4 Å². The third-order valence-electron chi connectivity index (χ3n) is 10.6. The number of H-pyrrole nitrogens is 1. The van der Waals surface area contributed by atoms with E-state index in [1.54, 1.807) is 40.3 Å². The van der Waals surface area contributed by atoms with Crippen LogP contribution in [-0.4, -0.2) is 114 Å². The fourth-order valence-electron chi connectivity index (χ4n) is 7.64. The molecule has 3 aliphatic rings. The van der Waals surface area contributed by atoms with E-state index in [9.17, 15) is 27.6 Å². The molecular formula is C38H48ClF3N8O5. The number of alkyl carbamates (subject to hydrolysis) is 1. The van der Waals surface area contributed by atoms with Crippen molar-refractivity contribution < 1.29 is 37.0 Å². The van der Waals surface area contributed by atoms with Crippen LogP contribution in [0.4, 0.5) is 28.4 Å². The van der Waals surface area contributed by atoms with E-state index in [0.717, 1.165) is 45.1 Å². The summed E-state index contributed by atoms with van der Waals surface area (Å²) in [5, 5.41) is 8.75. The number of hydrogen-bond donors (Lipinski definition) is 4. The van der Waals surface area contributed by atoms with Gasteiger partial charge in [-0.3, -0.25) is 9.69 Å². The number of hydrogen-bond acceptors (Lipinski definition) is 8. The molecule has 6 rings (SSSR count). The van der Waals surface area contributed by atoms with Crippen LogP contribution < -0.4 is 20.7 Å². The highest BCUT2D eigenvalue weighted by molar-refractivity contribution is 6.34. The number of methoxy groups -OCH3 is 1. The van der Waals surface area contributed by atoms with Gasteiger partial charge >= 0.3 is 18.5 Å². The highest BCUT2D eigenvalue weighted by Gasteiger charge is 2.40. The summed E-state index contributed by atoms with van der Waals surface area (Å²) < 4.78 is 50.2. The maximum absolute atomic E-state index is 13.7. The Morgan fingerprint density at radius 2 is 1.69 bits per heavy atom. The third kappa shape index (κ3) is 9.65. The van der Waals surface area contributed by atoms with Gasteiger partial charge in [-0.15, -0.1) is 13.2 Å². The fraction of sp³-hybridized carbons (Fsp3) is 0.526. The molecule has 4 N–H and O–H groups in total. The Balaban J connectivity index is 1.17. The second-order valence-electron chi connectivity index (χ2n) is 14.8. The van der Waals surface area contributed by atoms with Crippen LogP contribution in [-0.2, 0) is 9.53 Å². The van der Waals surface area contributed by atoms with Crippen LogP contribution in [0.2, 0.25) is 5.02 Å². The topological polar surface area (TPSA) is 144 Å². The molecule has 0 saturated carbocycles. The number of nitrogens with zero attached hydrogens (tertiary/aromatic N) is 4. The number of likely N-dealkylation sites (tertiary alicyclic amines) is 1. The second kappa shape index (κ2) is 17.1. The number of urea groups is 1. The lowest BCUT2D eigenvalue weighted by Crippen LogP contribution is -2.54. The number of nitrogens with one attached hydrogen (secondary N) is 4. The number of aromatic nitrogens is 2. The van der Waals surface area contributed by atoms with Gasteiger partial charge in [-0.1, -0.05) is 56.6 Å². The van der Waals surface area contributed by atoms with E-state index < -0.39 is 30.3 Å². The molecule has 3 atom stereocenters. The Hall–Kier alpha value is -4.54. The number of aromatic amines is 1. The first kappa shape index (κ1) is 40.1. The number of amides is 4. The maximum atomic E-state index is 13.7. The van der Waals surface area contributed by atoms with Gasteiger partial charge in [0.15, 0.2) is 0 Å². The van der Waals surface area contributed by atoms with Crippen molar-refractivity contribution in [2.24, 2.45) is 11.8 Å². The summed E-state index contributed by atoms with van der Waals surface area (Å²) in [6.45, 7) is 10.6. The summed E-state index contributed by atoms with van der Waals surface area (Å²) in [5.74, 6) is -0.169. The van der Waals surface area contributed by atoms with E-state index >= 15 is 0 Å². The molecular weight excluding hydrogens is 741 g/mol. The minimum atomic E-state index is -5.00. The van der Waals surface area contributed by atoms with Gasteiger partial charge in [-0.25, -0.2) is 14.6 Å². The van der Waals surface area contributed by atoms with Crippen molar-refractivity contribution in [1.29, 1.82) is 0 Å². The number of benzene rings is 2. The summed E-state index contributed by atoms with van der Waals surface area (Å²) >= 11 is 6.58. The number of carbonyl (C=O) groups is 3. The smallest absolute Gasteiger partial charge is 0.453 e. The minimum absolute atomic E-state index is 0.00525. The molecule has 1 aromatic heterocycles. The van der Waals surface area contributed by atoms with Crippen LogP contribution in [0.3, 0.4) is 0 Å². The second-order valence-corrected chi connectivity index (χ2v) is 15.2. The average molecular weight is 789 g/mol. The number of carbonyl (C=O) groups excluding carboxylic acids is 3. The molecule has 0 unspecified atom stereocenters. The number of alkyl halides is 3. The zero-order valence-corrected chi connectivity index (χ0v) is 32.1. The van der Waals surface area contributed by atoms with Crippen molar-refractivity contribution in [3.8, 4) is 28.1 Å². The normalized spacial score (nSPS) is 20.4. The summed E-state index contributed by atoms with van der Waals surface area (Å²) in [6, 6.07) is 8.05. The molecule has 0 bridgehead atoms. The molecule has 0 spiro atoms. The fourth-order valence-corrected chi connectivity index (χ4v) is 7.85. The van der Waals surface area contributed by atoms with E-state index in [2.05, 4.69) is 30.6 Å². The van der Waals surface area contributed by atoms with E-state index in [0.29, 0.717) is 54.7 Å². The van der Waals surface area contributed by atoms with Gasteiger partial charge in [0.1, 0.15) is 17.6 Å². The van der Waals surface area contributed by atoms with Gasteiger partial charge in [-0.2, -0.15) is 0 Å². The van der Waals surface area contributed by atoms with Gasteiger partial charge in [0.2, 0.25) is 5.91 Å². The van der Waals surface area contributed by atoms with Crippen molar-refractivity contribution in [3.63, 3.8) is 0 Å². The predicted molar refractivity (Wildman–Crippen MR) is 202 cm³/mol. The molecule has 13 nitrogen and oxygen atoms in total. The van der Waals surface area contributed by atoms with Gasteiger partial charge in [0, 0.05) is 62.2 Å². The highest BCUT2D eigenvalue weighted by atomic mass is 35.5. The quantitative estimate of drug-likeness (QED) is 0.193. The summed E-state index contributed by atoms with van der Waals surface area (Å²) in [7, 11) is 1.25. The Kier molecular flexibility index (Phi) is 12.5. The number of imidazole rings is 1. The van der Waals surface area contributed by atoms with Crippen molar-refractivity contribution >= 4 is 35.3 Å². The highest BCUT2D eigenvalue weighted by Crippen LogP contribution is 2.41. The SMILES string of the molecule is COC(=O)N[C@H](C(=O)N1C[C@@H](C)C[C@H]1c1nc(-c2ccc(-c3cc(Cl)c(NC(=O)N4CCN(C5CCNCC5)CC4)cc3OC(F)(F)F)cc2)c[nH]1)C(C)C. The number of piperidine rings is 1. The van der Waals surface area contributed by atoms with Crippen LogP contribution in [0.25, 0.3) is 22.4 Å². The molecule has 3 aromatic rings. The van der Waals surface area contributed by atoms with Crippen molar-refractivity contribution in [2.75, 3.05) is 58.2 Å². The van der Waals surface area contributed by atoms with Crippen LogP contribution in [0.5, 0.6) is 5.75 Å². The first-order valence-electron chi connectivity index (χ1n) is 18.6. The Bertz CT molecular complexity index is 1830. The third-order valence-corrected chi connectivity index (χ3v) is 10.9. The van der Waals surface area contributed by atoms with E-state index in [1.165, 1.54) is 13.2 Å². The van der Waals surface area contributed by atoms with Gasteiger partial charge in [-0.05, 0) is 55.8 Å². The van der Waals surface area contributed by atoms with Crippen LogP contribution in [0, 0.1) is 11.8 Å². The lowest BCUT2D eigenvalue weighted by Gasteiger charge is -2.40. The number of rotatable bonds is 9. The molecule has 55 heavy (non-hydrogen) atoms. The molecule has 4 amide bonds. The Labute approximate surface area is 323 Å². The number of halogens is 4. The monoisotopic (exact) mass is 788 g/mol. The van der Waals surface area contributed by atoms with Gasteiger partial charge in [0.05, 0.1) is 29.6 Å². The molecule has 3 saturated heterocycles. The van der Waals surface area contributed by atoms with Crippen LogP contribution >= 0.6 is 11.6 Å². The van der Waals surface area contributed by atoms with Crippen LogP contribution in [0.1, 0.15) is 51.9 Å². The molecule has 3 fully saturated rings. The summed E-state index contributed by atoms with van der Waals surface area (Å²) in [4.78, 5) is 52.6. The zero-order chi connectivity index (χ0) is 39.4. The van der Waals surface area contributed by atoms with E-state index in [1.807, 2.05) is 20.8 Å². The Morgan fingerprint density at radius 3 is 2.33 bits per heavy atom. The van der Waals surface area contributed by atoms with Crippen molar-refractivity contribution in [1.82, 2.24) is 35.3 Å². The molecule has 17 heteroatoms. The number of ether oxygens (including phenoxy) is 2. The van der Waals surface area contributed by atoms with Gasteiger partial charge in [0.25, 0.3) is 0 Å². The van der Waals surface area contributed by atoms with E-state index in [-0.39, 0.29) is 40.1 Å². The number of anilines is 1. The summed E-state index contributed by atoms with van der Waals surface area (Å²) in [6.07, 6.45) is -1.20. The molecule has 298 valence electrons. The first-order chi connectivity index (χ1) is 26.2. The van der Waals surface area contributed by atoms with Gasteiger partial charge < -0.3 is 40.2 Å². The van der Waals surface area contributed by atoms with Crippen LogP contribution in [0.15, 0.2) is 42.6 Å². The summed E-state index contributed by atoms with van der Waals surface area (Å²) in [5.41, 5.74) is 1.73.